The van der Waals surface area contributed by atoms with Crippen molar-refractivity contribution in [2.24, 2.45) is 0 Å². The van der Waals surface area contributed by atoms with Crippen molar-refractivity contribution < 1.29 is 9.53 Å². The molecular formula is C24H46O2SiSn. The molecule has 0 atom stereocenters. The topological polar surface area (TPSA) is 26.3 Å². The van der Waals surface area contributed by atoms with Crippen LogP contribution in [0, 0.1) is 11.5 Å². The minimum atomic E-state index is -2.83. The molecule has 0 spiro atoms. The summed E-state index contributed by atoms with van der Waals surface area (Å²) in [5.41, 5.74) is 3.67. The third-order valence-electron chi connectivity index (χ3n) is 6.59. The minimum absolute atomic E-state index is 0.0785. The predicted molar refractivity (Wildman–Crippen MR) is 130 cm³/mol. The number of carbonyl (C=O) groups is 1. The van der Waals surface area contributed by atoms with Gasteiger partial charge in [-0.1, -0.05) is 0 Å². The molecule has 0 rings (SSSR count). The molecule has 28 heavy (non-hydrogen) atoms. The summed E-state index contributed by atoms with van der Waals surface area (Å²) in [6.07, 6.45) is 9.37. The number of carbonyl (C=O) groups excluding carboxylic acids is 1. The molecule has 0 fully saturated rings. The maximum atomic E-state index is 12.9. The van der Waals surface area contributed by atoms with Crippen LogP contribution in [0.4, 0.5) is 0 Å². The molecule has 0 unspecified atom stereocenters. The zero-order valence-electron chi connectivity index (χ0n) is 19.9. The van der Waals surface area contributed by atoms with Crippen LogP contribution in [-0.4, -0.2) is 39.5 Å². The summed E-state index contributed by atoms with van der Waals surface area (Å²) in [6, 6.07) is 3.60. The molecule has 0 aromatic heterocycles. The van der Waals surface area contributed by atoms with Crippen molar-refractivity contribution in [2.75, 3.05) is 7.11 Å². The van der Waals surface area contributed by atoms with E-state index in [0.29, 0.717) is 0 Å². The van der Waals surface area contributed by atoms with E-state index < -0.39 is 26.5 Å². The molecule has 0 aromatic carbocycles. The molecule has 0 aliphatic rings. The molecule has 0 aliphatic heterocycles. The summed E-state index contributed by atoms with van der Waals surface area (Å²) < 4.78 is 10.2. The van der Waals surface area contributed by atoms with Crippen LogP contribution in [0.3, 0.4) is 0 Å². The molecule has 0 bridgehead atoms. The second-order valence-electron chi connectivity index (χ2n) is 8.25. The first-order chi connectivity index (χ1) is 13.4. The Morgan fingerprint density at radius 2 is 1.29 bits per heavy atom. The van der Waals surface area contributed by atoms with Gasteiger partial charge in [-0.25, -0.2) is 0 Å². The maximum absolute atomic E-state index is 12.9. The Labute approximate surface area is 181 Å². The molecule has 0 saturated carbocycles. The van der Waals surface area contributed by atoms with Crippen LogP contribution in [-0.2, 0) is 9.53 Å². The Balaban J connectivity index is 6.23. The first kappa shape index (κ1) is 27.8. The van der Waals surface area contributed by atoms with Gasteiger partial charge in [0.05, 0.1) is 0 Å². The van der Waals surface area contributed by atoms with E-state index in [9.17, 15) is 4.79 Å². The fourth-order valence-electron chi connectivity index (χ4n) is 4.14. The summed E-state index contributed by atoms with van der Waals surface area (Å²) in [6.45, 7) is 13.6. The van der Waals surface area contributed by atoms with Gasteiger partial charge in [0.25, 0.3) is 0 Å². The van der Waals surface area contributed by atoms with E-state index in [1.807, 2.05) is 6.08 Å². The molecule has 2 nitrogen and oxygen atoms in total. The van der Waals surface area contributed by atoms with Crippen LogP contribution in [0.5, 0.6) is 0 Å². The van der Waals surface area contributed by atoms with E-state index in [1.54, 1.807) is 7.11 Å². The number of unbranched alkanes of at least 4 members (excludes halogenated alkanes) is 3. The van der Waals surface area contributed by atoms with Crippen molar-refractivity contribution in [3.8, 4) is 11.5 Å². The number of hydrogen-bond acceptors (Lipinski definition) is 2. The van der Waals surface area contributed by atoms with Crippen LogP contribution in [0.25, 0.3) is 0 Å². The number of ether oxygens (including phenoxy) is 1. The number of esters is 1. The average molecular weight is 513 g/mol. The number of methoxy groups -OCH3 is 1. The summed E-state index contributed by atoms with van der Waals surface area (Å²) in [5.74, 6) is 3.35. The third kappa shape index (κ3) is 8.65. The first-order valence-electron chi connectivity index (χ1n) is 11.8. The van der Waals surface area contributed by atoms with Gasteiger partial charge in [-0.2, -0.15) is 0 Å². The number of hydrogen-bond donors (Lipinski definition) is 0. The van der Waals surface area contributed by atoms with E-state index in [0.717, 1.165) is 3.59 Å². The van der Waals surface area contributed by atoms with Crippen molar-refractivity contribution in [1.82, 2.24) is 0 Å². The van der Waals surface area contributed by atoms with Gasteiger partial charge >= 0.3 is 182 Å². The normalized spacial score (nSPS) is 12.5. The van der Waals surface area contributed by atoms with Crippen LogP contribution >= 0.6 is 0 Å². The molecule has 0 heterocycles. The zero-order valence-corrected chi connectivity index (χ0v) is 23.7. The summed E-state index contributed by atoms with van der Waals surface area (Å²) in [4.78, 5) is 12.9. The molecule has 0 aliphatic carbocycles. The average Bonchev–Trinajstić information content (AvgIpc) is 2.74. The van der Waals surface area contributed by atoms with Crippen LogP contribution < -0.4 is 0 Å². The summed E-state index contributed by atoms with van der Waals surface area (Å²) >= 11 is -2.83. The van der Waals surface area contributed by atoms with Gasteiger partial charge in [0.2, 0.25) is 0 Å². The summed E-state index contributed by atoms with van der Waals surface area (Å²) in [5, 5.41) is 0. The Bertz CT molecular complexity index is 496. The molecule has 0 radical (unpaired) electrons. The van der Waals surface area contributed by atoms with E-state index >= 15 is 0 Å². The molecular weight excluding hydrogens is 467 g/mol. The fourth-order valence-corrected chi connectivity index (χ4v) is 22.4. The van der Waals surface area contributed by atoms with Crippen molar-refractivity contribution in [1.29, 1.82) is 0 Å². The summed E-state index contributed by atoms with van der Waals surface area (Å²) in [7, 11) is 0.0456. The zero-order chi connectivity index (χ0) is 21.5. The number of allylic oxidation sites excluding steroid dienone is 1. The Hall–Kier alpha value is -0.214. The second kappa shape index (κ2) is 15.6. The van der Waals surface area contributed by atoms with E-state index in [2.05, 4.69) is 53.0 Å². The number of rotatable bonds is 14. The van der Waals surface area contributed by atoms with Gasteiger partial charge < -0.3 is 0 Å². The van der Waals surface area contributed by atoms with Gasteiger partial charge in [0, 0.05) is 0 Å². The van der Waals surface area contributed by atoms with E-state index in [-0.39, 0.29) is 5.97 Å². The molecule has 4 heteroatoms. The van der Waals surface area contributed by atoms with Crippen LogP contribution in [0.15, 0.2) is 9.67 Å². The predicted octanol–water partition coefficient (Wildman–Crippen LogP) is 7.53. The molecule has 0 aromatic rings. The molecule has 0 amide bonds. The monoisotopic (exact) mass is 514 g/mol. The Kier molecular flexibility index (Phi) is 15.5. The van der Waals surface area contributed by atoms with Gasteiger partial charge in [0.1, 0.15) is 0 Å². The van der Waals surface area contributed by atoms with Crippen molar-refractivity contribution >= 4 is 32.4 Å². The molecule has 162 valence electrons. The Morgan fingerprint density at radius 1 is 0.857 bits per heavy atom. The van der Waals surface area contributed by atoms with E-state index in [4.69, 9.17) is 4.74 Å². The van der Waals surface area contributed by atoms with Crippen molar-refractivity contribution in [3.05, 3.63) is 9.67 Å². The molecule has 0 N–H and O–H groups in total. The first-order valence-corrected chi connectivity index (χ1v) is 21.9. The third-order valence-corrected chi connectivity index (χ3v) is 26.8. The molecule has 0 saturated heterocycles. The van der Waals surface area contributed by atoms with Crippen molar-refractivity contribution in [3.63, 3.8) is 0 Å². The van der Waals surface area contributed by atoms with Crippen LogP contribution in [0.1, 0.15) is 80.1 Å². The van der Waals surface area contributed by atoms with Gasteiger partial charge in [-0.15, -0.1) is 0 Å². The van der Waals surface area contributed by atoms with Gasteiger partial charge in [0.15, 0.2) is 0 Å². The van der Waals surface area contributed by atoms with Gasteiger partial charge in [-0.3, -0.25) is 0 Å². The van der Waals surface area contributed by atoms with Crippen molar-refractivity contribution in [2.45, 2.75) is 112 Å². The SMILES string of the molecule is CCC[CH2][Sn]([CH2]CCC)([CH2]CCC)/[C](=C/C#C[Si](CC)(CC)CC)C(=O)OC. The second-order valence-corrected chi connectivity index (χ2v) is 26.3. The van der Waals surface area contributed by atoms with Crippen LogP contribution in [0.2, 0.25) is 31.4 Å². The van der Waals surface area contributed by atoms with E-state index in [1.165, 1.54) is 70.0 Å². The fraction of sp³-hybridized carbons (Fsp3) is 0.792. The standard InChI is InChI=1S/C12H19O2Si.3C4H9.Sn/c1-5-15(6-2,7-3)11-9-8-10-12(13)14-4;3*1-3-4-2;/h8H,5-7H2,1-4H3;3*1,3-4H2,2H3;. The quantitative estimate of drug-likeness (QED) is 0.104. The Morgan fingerprint density at radius 3 is 1.61 bits per heavy atom. The van der Waals surface area contributed by atoms with Gasteiger partial charge in [-0.05, 0) is 0 Å².